The Labute approximate surface area is 186 Å². The highest BCUT2D eigenvalue weighted by Gasteiger charge is 2.20. The molecule has 1 fully saturated rings. The van der Waals surface area contributed by atoms with Crippen molar-refractivity contribution in [3.05, 3.63) is 41.7 Å². The molecule has 0 radical (unpaired) electrons. The molecule has 1 saturated heterocycles. The van der Waals surface area contributed by atoms with Gasteiger partial charge in [0.2, 0.25) is 0 Å². The number of nitrogens with one attached hydrogen (secondary N) is 3. The van der Waals surface area contributed by atoms with Crippen molar-refractivity contribution in [3.63, 3.8) is 0 Å². The molecule has 0 bridgehead atoms. The van der Waals surface area contributed by atoms with E-state index in [0.717, 1.165) is 52.8 Å². The van der Waals surface area contributed by atoms with Crippen molar-refractivity contribution in [2.75, 3.05) is 39.1 Å². The maximum absolute atomic E-state index is 9.29. The highest BCUT2D eigenvalue weighted by atomic mass is 32.1. The van der Waals surface area contributed by atoms with Gasteiger partial charge in [0.15, 0.2) is 11.5 Å². The number of fused-ring (bicyclic) bond motifs is 1. The molecule has 10 heteroatoms. The molecule has 0 aromatic carbocycles. The van der Waals surface area contributed by atoms with E-state index in [1.165, 1.54) is 11.5 Å². The number of aliphatic hydroxyl groups excluding tert-OH is 1. The zero-order chi connectivity index (χ0) is 21.8. The third-order valence-electron chi connectivity index (χ3n) is 5.53. The largest absolute Gasteiger partial charge is 0.396 e. The number of hydrazine groups is 1. The lowest BCUT2D eigenvalue weighted by Crippen LogP contribution is -2.25. The van der Waals surface area contributed by atoms with Gasteiger partial charge in [-0.2, -0.15) is 4.37 Å². The molecule has 3 aromatic heterocycles. The maximum atomic E-state index is 9.29. The van der Waals surface area contributed by atoms with Gasteiger partial charge in [0.25, 0.3) is 0 Å². The van der Waals surface area contributed by atoms with Crippen LogP contribution in [0.2, 0.25) is 0 Å². The van der Waals surface area contributed by atoms with Gasteiger partial charge in [0.05, 0.1) is 23.3 Å². The summed E-state index contributed by atoms with van der Waals surface area (Å²) < 4.78 is 6.72. The van der Waals surface area contributed by atoms with Crippen molar-refractivity contribution in [1.29, 1.82) is 0 Å². The SMILES string of the molecule is CNN(C)/C=C(\C)c1cnc2c(Nc3cc(C4CCNC4)ns3)nc(CCCO)cn12. The number of anilines is 2. The summed E-state index contributed by atoms with van der Waals surface area (Å²) in [6.45, 7) is 4.23. The van der Waals surface area contributed by atoms with E-state index in [0.29, 0.717) is 24.6 Å². The average Bonchev–Trinajstić information content (AvgIpc) is 3.52. The predicted molar refractivity (Wildman–Crippen MR) is 124 cm³/mol. The van der Waals surface area contributed by atoms with Crippen LogP contribution in [0, 0.1) is 0 Å². The minimum absolute atomic E-state index is 0.138. The van der Waals surface area contributed by atoms with Gasteiger partial charge in [-0.05, 0) is 55.9 Å². The Morgan fingerprint density at radius 1 is 1.48 bits per heavy atom. The van der Waals surface area contributed by atoms with Gasteiger partial charge in [-0.25, -0.2) is 15.4 Å². The molecule has 4 rings (SSSR count). The second-order valence-corrected chi connectivity index (χ2v) is 8.63. The summed E-state index contributed by atoms with van der Waals surface area (Å²) in [5, 5.41) is 19.0. The maximum Gasteiger partial charge on any atom is 0.180 e. The summed E-state index contributed by atoms with van der Waals surface area (Å²) >= 11 is 1.46. The first-order valence-corrected chi connectivity index (χ1v) is 11.4. The van der Waals surface area contributed by atoms with Gasteiger partial charge in [-0.3, -0.25) is 4.40 Å². The molecule has 31 heavy (non-hydrogen) atoms. The summed E-state index contributed by atoms with van der Waals surface area (Å²) in [4.78, 5) is 9.47. The van der Waals surface area contributed by atoms with Gasteiger partial charge in [0, 0.05) is 45.6 Å². The van der Waals surface area contributed by atoms with Crippen LogP contribution in [0.5, 0.6) is 0 Å². The Bertz CT molecular complexity index is 1050. The van der Waals surface area contributed by atoms with Crippen LogP contribution in [0.4, 0.5) is 10.8 Å². The molecule has 1 aliphatic rings. The van der Waals surface area contributed by atoms with E-state index in [2.05, 4.69) is 42.8 Å². The molecule has 1 atom stereocenters. The molecule has 4 heterocycles. The standard InChI is InChI=1S/C21H30N8OS/c1-14(12-28(3)22-2)18-11-24-21-20(25-16(5-4-8-30)13-29(18)21)26-19-9-17(27-31-19)15-6-7-23-10-15/h9,11-13,15,22-23,30H,4-8,10H2,1-3H3,(H,25,26)/b14-12+. The fourth-order valence-corrected chi connectivity index (χ4v) is 4.50. The van der Waals surface area contributed by atoms with Crippen molar-refractivity contribution in [1.82, 2.24) is 34.5 Å². The molecule has 0 aliphatic carbocycles. The first-order chi connectivity index (χ1) is 15.1. The Morgan fingerprint density at radius 2 is 2.35 bits per heavy atom. The number of nitrogens with zero attached hydrogens (tertiary/aromatic N) is 5. The molecule has 4 N–H and O–H groups in total. The number of aromatic nitrogens is 4. The molecule has 1 aliphatic heterocycles. The van der Waals surface area contributed by atoms with Crippen LogP contribution in [-0.4, -0.2) is 62.6 Å². The van der Waals surface area contributed by atoms with Crippen LogP contribution in [0.1, 0.15) is 42.8 Å². The first kappa shape index (κ1) is 21.7. The van der Waals surface area contributed by atoms with E-state index in [1.54, 1.807) is 0 Å². The van der Waals surface area contributed by atoms with E-state index < -0.39 is 0 Å². The number of hydrogen-bond donors (Lipinski definition) is 4. The van der Waals surface area contributed by atoms with Crippen LogP contribution in [0.15, 0.2) is 24.7 Å². The molecular formula is C21H30N8OS. The smallest absolute Gasteiger partial charge is 0.180 e. The average molecular weight is 443 g/mol. The van der Waals surface area contributed by atoms with Crippen LogP contribution in [0.25, 0.3) is 11.2 Å². The van der Waals surface area contributed by atoms with E-state index >= 15 is 0 Å². The molecule has 3 aromatic rings. The number of aliphatic hydroxyl groups is 1. The van der Waals surface area contributed by atoms with Crippen LogP contribution < -0.4 is 16.1 Å². The first-order valence-electron chi connectivity index (χ1n) is 10.6. The third kappa shape index (κ3) is 4.87. The second kappa shape index (κ2) is 9.73. The fourth-order valence-electron chi connectivity index (χ4n) is 3.78. The molecule has 1 unspecified atom stereocenters. The summed E-state index contributed by atoms with van der Waals surface area (Å²) in [6.07, 6.45) is 8.39. The Morgan fingerprint density at radius 3 is 3.10 bits per heavy atom. The van der Waals surface area contributed by atoms with Gasteiger partial charge >= 0.3 is 0 Å². The third-order valence-corrected chi connectivity index (χ3v) is 6.24. The predicted octanol–water partition coefficient (Wildman–Crippen LogP) is 2.36. The van der Waals surface area contributed by atoms with Crippen molar-refractivity contribution < 1.29 is 5.11 Å². The summed E-state index contributed by atoms with van der Waals surface area (Å²) in [7, 11) is 3.83. The van der Waals surface area contributed by atoms with Crippen molar-refractivity contribution in [3.8, 4) is 0 Å². The van der Waals surface area contributed by atoms with E-state index in [9.17, 15) is 5.11 Å². The molecule has 0 saturated carbocycles. The number of rotatable bonds is 9. The summed E-state index contributed by atoms with van der Waals surface area (Å²) in [5.41, 5.74) is 7.94. The van der Waals surface area contributed by atoms with E-state index in [-0.39, 0.29) is 6.61 Å². The Hall–Kier alpha value is -2.53. The summed E-state index contributed by atoms with van der Waals surface area (Å²) in [5.74, 6) is 1.18. The van der Waals surface area contributed by atoms with Gasteiger partial charge in [0.1, 0.15) is 5.00 Å². The van der Waals surface area contributed by atoms with Crippen molar-refractivity contribution in [2.45, 2.75) is 32.1 Å². The lowest BCUT2D eigenvalue weighted by molar-refractivity contribution is 0.288. The fraction of sp³-hybridized carbons (Fsp3) is 0.476. The highest BCUT2D eigenvalue weighted by Crippen LogP contribution is 2.30. The Balaban J connectivity index is 1.69. The van der Waals surface area contributed by atoms with Crippen LogP contribution >= 0.6 is 11.5 Å². The van der Waals surface area contributed by atoms with Crippen molar-refractivity contribution in [2.24, 2.45) is 0 Å². The molecule has 0 spiro atoms. The zero-order valence-corrected chi connectivity index (χ0v) is 19.0. The Kier molecular flexibility index (Phi) is 6.81. The van der Waals surface area contributed by atoms with Crippen LogP contribution in [-0.2, 0) is 6.42 Å². The molecular weight excluding hydrogens is 412 g/mol. The molecule has 9 nitrogen and oxygen atoms in total. The van der Waals surface area contributed by atoms with Gasteiger partial charge in [-0.1, -0.05) is 0 Å². The minimum Gasteiger partial charge on any atom is -0.396 e. The number of hydrogen-bond acceptors (Lipinski definition) is 9. The lowest BCUT2D eigenvalue weighted by Gasteiger charge is -2.14. The topological polar surface area (TPSA) is 103 Å². The highest BCUT2D eigenvalue weighted by molar-refractivity contribution is 7.10. The number of allylic oxidation sites excluding steroid dienone is 1. The lowest BCUT2D eigenvalue weighted by atomic mass is 10.1. The normalized spacial score (nSPS) is 16.9. The minimum atomic E-state index is 0.138. The van der Waals surface area contributed by atoms with E-state index in [1.807, 2.05) is 37.7 Å². The molecule has 0 amide bonds. The number of imidazole rings is 1. The second-order valence-electron chi connectivity index (χ2n) is 7.82. The molecule has 166 valence electrons. The van der Waals surface area contributed by atoms with Gasteiger partial charge in [-0.15, -0.1) is 0 Å². The van der Waals surface area contributed by atoms with Crippen molar-refractivity contribution >= 4 is 33.6 Å². The van der Waals surface area contributed by atoms with Gasteiger partial charge < -0.3 is 20.7 Å². The van der Waals surface area contributed by atoms with Crippen LogP contribution in [0.3, 0.4) is 0 Å². The monoisotopic (exact) mass is 442 g/mol. The summed E-state index contributed by atoms with van der Waals surface area (Å²) in [6, 6.07) is 2.12. The zero-order valence-electron chi connectivity index (χ0n) is 18.2. The quantitative estimate of drug-likeness (QED) is 0.375. The van der Waals surface area contributed by atoms with E-state index in [4.69, 9.17) is 4.98 Å². The number of aryl methyl sites for hydroxylation is 1.